The summed E-state index contributed by atoms with van der Waals surface area (Å²) in [6.45, 7) is 0. The molecule has 2 aliphatic heterocycles. The van der Waals surface area contributed by atoms with Crippen LogP contribution in [0.1, 0.15) is 25.7 Å². The van der Waals surface area contributed by atoms with Gasteiger partial charge in [-0.25, -0.2) is 0 Å². The van der Waals surface area contributed by atoms with E-state index in [4.69, 9.17) is 0 Å². The minimum atomic E-state index is -2.54. The van der Waals surface area contributed by atoms with E-state index in [-0.39, 0.29) is 30.7 Å². The summed E-state index contributed by atoms with van der Waals surface area (Å²) in [5, 5.41) is 0.265. The molecule has 4 amide bonds. The third-order valence-corrected chi connectivity index (χ3v) is 4.00. The van der Waals surface area contributed by atoms with Gasteiger partial charge in [0, 0.05) is 0 Å². The molecule has 10 nitrogen and oxygen atoms in total. The molecule has 21 heavy (non-hydrogen) atoms. The van der Waals surface area contributed by atoms with Gasteiger partial charge >= 0.3 is 121 Å². The Bertz CT molecular complexity index is 527. The molecule has 0 aliphatic carbocycles. The zero-order valence-corrected chi connectivity index (χ0v) is 11.6. The van der Waals surface area contributed by atoms with E-state index in [1.165, 1.54) is 0 Å². The van der Waals surface area contributed by atoms with Gasteiger partial charge < -0.3 is 0 Å². The van der Waals surface area contributed by atoms with Gasteiger partial charge in [0.1, 0.15) is 0 Å². The molecular weight excluding hydrogens is 335 g/mol. The van der Waals surface area contributed by atoms with Crippen LogP contribution in [-0.2, 0) is 46.4 Å². The van der Waals surface area contributed by atoms with Gasteiger partial charge in [-0.1, -0.05) is 0 Å². The van der Waals surface area contributed by atoms with Gasteiger partial charge in [0.15, 0.2) is 0 Å². The maximum atomic E-state index is 11.7. The summed E-state index contributed by atoms with van der Waals surface area (Å²) in [6, 6.07) is 0. The number of ether oxygens (including phenoxy) is 1. The second kappa shape index (κ2) is 6.09. The number of carbonyl (C=O) groups excluding carboxylic acids is 5. The third kappa shape index (κ3) is 3.31. The van der Waals surface area contributed by atoms with Gasteiger partial charge in [0.25, 0.3) is 0 Å². The summed E-state index contributed by atoms with van der Waals surface area (Å²) < 4.78 is 16.7. The minimum absolute atomic E-state index is 0.0411. The van der Waals surface area contributed by atoms with E-state index >= 15 is 0 Å². The third-order valence-electron chi connectivity index (χ3n) is 2.55. The van der Waals surface area contributed by atoms with E-state index in [0.717, 1.165) is 0 Å². The number of imide groups is 2. The standard InChI is InChI=1S/C6H6NO5.C4H5NO2.Co.O/c1-11-6(10)12-7-4(8)2-3-5(7)9;6-3-1-2-4(7)5-3;;/h1-3H2;1-2H2,(H,5,6,7);;/q;;+1;/p-1. The number of hydrogen-bond donors (Lipinski definition) is 0. The molecule has 0 unspecified atom stereocenters. The molecule has 2 heterocycles. The molecule has 2 rings (SSSR count). The molecular formula is C10H10CoN2O8. The SMILES string of the molecule is O=C(O[CH2][Co](=[O])[N]1C(=O)CCC1=O)ON1C(=O)CCC1=O. The molecule has 2 aliphatic rings. The van der Waals surface area contributed by atoms with E-state index in [1.54, 1.807) is 0 Å². The van der Waals surface area contributed by atoms with Crippen molar-refractivity contribution in [2.75, 3.05) is 5.54 Å². The van der Waals surface area contributed by atoms with Gasteiger partial charge in [-0.05, 0) is 0 Å². The van der Waals surface area contributed by atoms with Crippen LogP contribution in [0.2, 0.25) is 0 Å². The Balaban J connectivity index is 1.82. The van der Waals surface area contributed by atoms with Crippen molar-refractivity contribution in [3.8, 4) is 0 Å². The zero-order valence-electron chi connectivity index (χ0n) is 10.5. The predicted molar refractivity (Wildman–Crippen MR) is 55.3 cm³/mol. The summed E-state index contributed by atoms with van der Waals surface area (Å²) in [4.78, 5) is 60.5. The molecule has 2 saturated heterocycles. The number of hydroxylamine groups is 2. The first kappa shape index (κ1) is 15.2. The van der Waals surface area contributed by atoms with E-state index in [2.05, 4.69) is 9.57 Å². The number of hydrogen-bond acceptors (Lipinski definition) is 8. The van der Waals surface area contributed by atoms with Crippen molar-refractivity contribution in [3.05, 3.63) is 0 Å². The first-order valence-electron chi connectivity index (χ1n) is 5.73. The molecule has 11 heteroatoms. The van der Waals surface area contributed by atoms with Gasteiger partial charge in [0.05, 0.1) is 0 Å². The summed E-state index contributed by atoms with van der Waals surface area (Å²) >= 11 is -2.54. The molecule has 0 aromatic carbocycles. The Morgan fingerprint density at radius 1 is 0.952 bits per heavy atom. The second-order valence-electron chi connectivity index (χ2n) is 3.97. The first-order valence-corrected chi connectivity index (χ1v) is 7.36. The average Bonchev–Trinajstić information content (AvgIpc) is 2.93. The first-order chi connectivity index (χ1) is 9.90. The molecule has 0 radical (unpaired) electrons. The van der Waals surface area contributed by atoms with Crippen LogP contribution < -0.4 is 0 Å². The number of rotatable bonds is 4. The van der Waals surface area contributed by atoms with Crippen molar-refractivity contribution in [2.45, 2.75) is 25.7 Å². The summed E-state index contributed by atoms with van der Waals surface area (Å²) in [5.41, 5.74) is -0.764. The Labute approximate surface area is 122 Å². The molecule has 117 valence electrons. The molecule has 0 saturated carbocycles. The van der Waals surface area contributed by atoms with Crippen molar-refractivity contribution in [1.82, 2.24) is 9.01 Å². The maximum absolute atomic E-state index is 11.7. The molecule has 2 fully saturated rings. The van der Waals surface area contributed by atoms with Gasteiger partial charge in [-0.2, -0.15) is 0 Å². The van der Waals surface area contributed by atoms with Crippen molar-refractivity contribution in [1.29, 1.82) is 0 Å². The van der Waals surface area contributed by atoms with Crippen LogP contribution in [0.25, 0.3) is 0 Å². The Morgan fingerprint density at radius 2 is 1.43 bits per heavy atom. The monoisotopic (exact) mass is 345 g/mol. The Hall–Kier alpha value is -2.14. The number of carbonyl (C=O) groups is 5. The van der Waals surface area contributed by atoms with Gasteiger partial charge in [-0.3, -0.25) is 0 Å². The van der Waals surface area contributed by atoms with E-state index in [0.29, 0.717) is 3.95 Å². The molecule has 0 bridgehead atoms. The fourth-order valence-electron chi connectivity index (χ4n) is 1.61. The summed E-state index contributed by atoms with van der Waals surface area (Å²) in [5.74, 6) is -2.60. The van der Waals surface area contributed by atoms with E-state index < -0.39 is 49.1 Å². The van der Waals surface area contributed by atoms with Gasteiger partial charge in [-0.15, -0.1) is 0 Å². The molecule has 0 aromatic heterocycles. The van der Waals surface area contributed by atoms with Crippen LogP contribution in [0.15, 0.2) is 0 Å². The summed E-state index contributed by atoms with van der Waals surface area (Å²) in [7, 11) is 0. The van der Waals surface area contributed by atoms with Crippen molar-refractivity contribution in [2.24, 2.45) is 0 Å². The van der Waals surface area contributed by atoms with Crippen molar-refractivity contribution >= 4 is 29.8 Å². The van der Waals surface area contributed by atoms with Crippen molar-refractivity contribution in [3.63, 3.8) is 0 Å². The van der Waals surface area contributed by atoms with E-state index in [1.807, 2.05) is 0 Å². The number of amides is 4. The predicted octanol–water partition coefficient (Wildman–Crippen LogP) is -0.811. The van der Waals surface area contributed by atoms with Crippen LogP contribution in [0.5, 0.6) is 0 Å². The van der Waals surface area contributed by atoms with Gasteiger partial charge in [0.2, 0.25) is 0 Å². The summed E-state index contributed by atoms with van der Waals surface area (Å²) in [6.07, 6.45) is -1.64. The fraction of sp³-hybridized carbons (Fsp3) is 0.500. The quantitative estimate of drug-likeness (QED) is 0.478. The van der Waals surface area contributed by atoms with Crippen LogP contribution in [0.3, 0.4) is 0 Å². The number of nitrogens with zero attached hydrogens (tertiary/aromatic N) is 2. The zero-order chi connectivity index (χ0) is 15.6. The Morgan fingerprint density at radius 3 is 1.95 bits per heavy atom. The topological polar surface area (TPSA) is 127 Å². The van der Waals surface area contributed by atoms with Crippen LogP contribution in [0, 0.1) is 0 Å². The Kier molecular flexibility index (Phi) is 4.42. The second-order valence-corrected chi connectivity index (χ2v) is 5.56. The molecule has 0 N–H and O–H groups in total. The van der Waals surface area contributed by atoms with Crippen LogP contribution >= 0.6 is 0 Å². The van der Waals surface area contributed by atoms with Crippen LogP contribution in [-0.4, -0.2) is 44.3 Å². The van der Waals surface area contributed by atoms with Crippen molar-refractivity contribution < 1.29 is 51.2 Å². The fourth-order valence-corrected chi connectivity index (χ4v) is 2.80. The average molecular weight is 345 g/mol. The van der Waals surface area contributed by atoms with E-state index in [9.17, 15) is 27.8 Å². The van der Waals surface area contributed by atoms with Crippen LogP contribution in [0.4, 0.5) is 4.79 Å². The molecule has 0 aromatic rings. The normalized spacial score (nSPS) is 19.3. The molecule has 0 spiro atoms. The molecule has 0 atom stereocenters.